The number of sulfonamides is 1. The number of amides is 1. The first kappa shape index (κ1) is 21.0. The van der Waals surface area contributed by atoms with Crippen molar-refractivity contribution in [2.45, 2.75) is 22.6 Å². The lowest BCUT2D eigenvalue weighted by molar-refractivity contribution is -0.120. The first-order valence-electron chi connectivity index (χ1n) is 9.01. The van der Waals surface area contributed by atoms with Crippen LogP contribution in [0.4, 0.5) is 0 Å². The normalized spacial score (nSPS) is 16.2. The summed E-state index contributed by atoms with van der Waals surface area (Å²) in [4.78, 5) is 16.5. The highest BCUT2D eigenvalue weighted by atomic mass is 32.2. The zero-order chi connectivity index (χ0) is 20.9. The Morgan fingerprint density at radius 1 is 1.03 bits per heavy atom. The summed E-state index contributed by atoms with van der Waals surface area (Å²) in [5.74, 6) is -0.110. The molecule has 0 fully saturated rings. The van der Waals surface area contributed by atoms with Crippen LogP contribution in [0.25, 0.3) is 0 Å². The van der Waals surface area contributed by atoms with Crippen molar-refractivity contribution in [3.63, 3.8) is 0 Å². The molecule has 29 heavy (non-hydrogen) atoms. The molecule has 2 aromatic carbocycles. The average molecular weight is 436 g/mol. The number of carbonyl (C=O) groups is 1. The zero-order valence-corrected chi connectivity index (χ0v) is 17.2. The summed E-state index contributed by atoms with van der Waals surface area (Å²) in [5, 5.41) is 2.66. The van der Waals surface area contributed by atoms with Crippen molar-refractivity contribution in [1.82, 2.24) is 10.0 Å². The molecule has 0 spiro atoms. The van der Waals surface area contributed by atoms with Crippen LogP contribution in [-0.2, 0) is 24.7 Å². The molecule has 2 N–H and O–H groups in total. The van der Waals surface area contributed by atoms with Crippen molar-refractivity contribution < 1.29 is 21.6 Å². The first-order valence-corrected chi connectivity index (χ1v) is 12.1. The number of fused-ring (bicyclic) bond motifs is 1. The Hall–Kier alpha value is -2.72. The Bertz CT molecular complexity index is 1130. The number of hydrogen-bond donors (Lipinski definition) is 2. The van der Waals surface area contributed by atoms with Crippen LogP contribution < -0.4 is 10.0 Å². The molecule has 0 unspecified atom stereocenters. The highest BCUT2D eigenvalue weighted by Gasteiger charge is 2.29. The second-order valence-corrected chi connectivity index (χ2v) is 10.2. The summed E-state index contributed by atoms with van der Waals surface area (Å²) in [6.45, 7) is 0.345. The maximum Gasteiger partial charge on any atom is 0.263 e. The van der Waals surface area contributed by atoms with Crippen molar-refractivity contribution in [2.75, 3.05) is 18.8 Å². The van der Waals surface area contributed by atoms with Crippen molar-refractivity contribution in [1.29, 1.82) is 0 Å². The van der Waals surface area contributed by atoms with Gasteiger partial charge in [-0.25, -0.2) is 16.8 Å². The highest BCUT2D eigenvalue weighted by molar-refractivity contribution is 7.91. The molecule has 0 aliphatic carbocycles. The minimum absolute atomic E-state index is 0.0574. The Morgan fingerprint density at radius 2 is 1.72 bits per heavy atom. The van der Waals surface area contributed by atoms with Crippen LogP contribution in [0.1, 0.15) is 18.4 Å². The van der Waals surface area contributed by atoms with Crippen LogP contribution in [0.15, 0.2) is 69.4 Å². The second kappa shape index (κ2) is 8.75. The van der Waals surface area contributed by atoms with Crippen LogP contribution in [-0.4, -0.2) is 47.4 Å². The fraction of sp³-hybridized carbons (Fsp3) is 0.263. The van der Waals surface area contributed by atoms with E-state index in [0.717, 1.165) is 0 Å². The lowest BCUT2D eigenvalue weighted by Gasteiger charge is -2.06. The number of hydrogen-bond acceptors (Lipinski definition) is 6. The number of nitrogens with zero attached hydrogens (tertiary/aromatic N) is 1. The zero-order valence-electron chi connectivity index (χ0n) is 15.5. The van der Waals surface area contributed by atoms with Crippen molar-refractivity contribution in [2.24, 2.45) is 4.99 Å². The quantitative estimate of drug-likeness (QED) is 0.601. The van der Waals surface area contributed by atoms with Gasteiger partial charge in [0.05, 0.1) is 22.1 Å². The fourth-order valence-electron chi connectivity index (χ4n) is 2.84. The lowest BCUT2D eigenvalue weighted by atomic mass is 10.2. The van der Waals surface area contributed by atoms with Gasteiger partial charge in [-0.2, -0.15) is 0 Å². The Kier molecular flexibility index (Phi) is 6.33. The Morgan fingerprint density at radius 3 is 2.48 bits per heavy atom. The fourth-order valence-corrected chi connectivity index (χ4v) is 5.43. The molecule has 1 heterocycles. The Balaban J connectivity index is 1.44. The monoisotopic (exact) mass is 435 g/mol. The third-order valence-electron chi connectivity index (χ3n) is 4.29. The van der Waals surface area contributed by atoms with Gasteiger partial charge in [0, 0.05) is 18.5 Å². The molecule has 10 heteroatoms. The minimum Gasteiger partial charge on any atom is -0.356 e. The number of aliphatic imine (C=N–C) groups is 1. The van der Waals surface area contributed by atoms with E-state index in [2.05, 4.69) is 15.0 Å². The lowest BCUT2D eigenvalue weighted by Crippen LogP contribution is -2.27. The molecule has 0 aromatic heterocycles. The van der Waals surface area contributed by atoms with E-state index in [1.807, 2.05) is 0 Å². The van der Waals surface area contributed by atoms with Crippen LogP contribution in [0.2, 0.25) is 0 Å². The van der Waals surface area contributed by atoms with Crippen molar-refractivity contribution in [3.8, 4) is 0 Å². The van der Waals surface area contributed by atoms with Crippen LogP contribution in [0.5, 0.6) is 0 Å². The number of benzene rings is 2. The third kappa shape index (κ3) is 5.21. The molecule has 0 saturated carbocycles. The topological polar surface area (TPSA) is 122 Å². The summed E-state index contributed by atoms with van der Waals surface area (Å²) in [6, 6.07) is 14.7. The molecular weight excluding hydrogens is 414 g/mol. The van der Waals surface area contributed by atoms with E-state index in [0.29, 0.717) is 12.0 Å². The van der Waals surface area contributed by atoms with Crippen molar-refractivity contribution in [3.05, 3.63) is 60.2 Å². The van der Waals surface area contributed by atoms with Gasteiger partial charge in [-0.3, -0.25) is 14.5 Å². The van der Waals surface area contributed by atoms with Gasteiger partial charge in [0.2, 0.25) is 5.91 Å². The summed E-state index contributed by atoms with van der Waals surface area (Å²) in [7, 11) is -6.96. The molecule has 3 rings (SSSR count). The SMILES string of the molecule is O=C(CCN=C1NS(=O)(=O)c2ccccc21)NCCCS(=O)(=O)c1ccccc1. The van der Waals surface area contributed by atoms with E-state index in [1.165, 1.54) is 6.07 Å². The number of rotatable bonds is 8. The molecule has 1 amide bonds. The smallest absolute Gasteiger partial charge is 0.263 e. The van der Waals surface area contributed by atoms with E-state index < -0.39 is 19.9 Å². The maximum absolute atomic E-state index is 12.2. The van der Waals surface area contributed by atoms with Crippen LogP contribution >= 0.6 is 0 Å². The van der Waals surface area contributed by atoms with Gasteiger partial charge in [0.15, 0.2) is 9.84 Å². The molecule has 1 aliphatic heterocycles. The molecular formula is C19H21N3O5S2. The summed E-state index contributed by atoms with van der Waals surface area (Å²) in [5.41, 5.74) is 0.485. The molecule has 0 atom stereocenters. The van der Waals surface area contributed by atoms with Crippen LogP contribution in [0.3, 0.4) is 0 Å². The van der Waals surface area contributed by atoms with E-state index in [4.69, 9.17) is 0 Å². The van der Waals surface area contributed by atoms with E-state index >= 15 is 0 Å². The van der Waals surface area contributed by atoms with Gasteiger partial charge in [0.25, 0.3) is 10.0 Å². The van der Waals surface area contributed by atoms with Crippen LogP contribution in [0, 0.1) is 0 Å². The molecule has 8 nitrogen and oxygen atoms in total. The summed E-state index contributed by atoms with van der Waals surface area (Å²) in [6.07, 6.45) is 0.365. The first-order chi connectivity index (χ1) is 13.8. The number of amidine groups is 1. The van der Waals surface area contributed by atoms with Gasteiger partial charge >= 0.3 is 0 Å². The summed E-state index contributed by atoms with van der Waals surface area (Å²) >= 11 is 0. The van der Waals surface area contributed by atoms with Crippen molar-refractivity contribution >= 4 is 31.6 Å². The molecule has 154 valence electrons. The van der Waals surface area contributed by atoms with Gasteiger partial charge in [0.1, 0.15) is 5.84 Å². The predicted octanol–water partition coefficient (Wildman–Crippen LogP) is 1.10. The largest absolute Gasteiger partial charge is 0.356 e. The maximum atomic E-state index is 12.2. The van der Waals surface area contributed by atoms with Gasteiger partial charge < -0.3 is 5.32 Å². The second-order valence-electron chi connectivity index (χ2n) is 6.42. The molecule has 0 bridgehead atoms. The molecule has 1 aliphatic rings. The molecule has 2 aromatic rings. The standard InChI is InChI=1S/C19H21N3O5S2/c23-18(20-12-6-14-28(24,25)15-7-2-1-3-8-15)11-13-21-19-16-9-4-5-10-17(16)29(26,27)22-19/h1-5,7-10H,6,11-14H2,(H,20,23)(H,21,22). The molecule has 0 radical (unpaired) electrons. The number of nitrogens with one attached hydrogen (secondary N) is 2. The summed E-state index contributed by atoms with van der Waals surface area (Å²) < 4.78 is 50.7. The number of sulfone groups is 1. The molecule has 0 saturated heterocycles. The van der Waals surface area contributed by atoms with E-state index in [1.54, 1.807) is 48.5 Å². The minimum atomic E-state index is -3.60. The van der Waals surface area contributed by atoms with Gasteiger partial charge in [-0.1, -0.05) is 30.3 Å². The highest BCUT2D eigenvalue weighted by Crippen LogP contribution is 2.22. The average Bonchev–Trinajstić information content (AvgIpc) is 2.97. The van der Waals surface area contributed by atoms with E-state index in [9.17, 15) is 21.6 Å². The predicted molar refractivity (Wildman–Crippen MR) is 109 cm³/mol. The Labute approximate surface area is 170 Å². The van der Waals surface area contributed by atoms with E-state index in [-0.39, 0.29) is 46.8 Å². The van der Waals surface area contributed by atoms with Gasteiger partial charge in [-0.05, 0) is 30.7 Å². The van der Waals surface area contributed by atoms with Gasteiger partial charge in [-0.15, -0.1) is 0 Å². The third-order valence-corrected chi connectivity index (χ3v) is 7.50. The number of carbonyl (C=O) groups excluding carboxylic acids is 1.